The molecular formula is C13H19ClN2O2S. The number of benzene rings is 1. The van der Waals surface area contributed by atoms with Gasteiger partial charge in [0.2, 0.25) is 10.0 Å². The van der Waals surface area contributed by atoms with Gasteiger partial charge in [0.05, 0.1) is 4.90 Å². The van der Waals surface area contributed by atoms with Crippen LogP contribution < -0.4 is 5.32 Å². The third-order valence-electron chi connectivity index (χ3n) is 3.61. The predicted octanol–water partition coefficient (Wildman–Crippen LogP) is 2.02. The van der Waals surface area contributed by atoms with E-state index in [-0.39, 0.29) is 10.9 Å². The van der Waals surface area contributed by atoms with Crippen molar-refractivity contribution < 1.29 is 8.42 Å². The van der Waals surface area contributed by atoms with E-state index in [1.807, 2.05) is 6.92 Å². The largest absolute Gasteiger partial charge is 0.315 e. The summed E-state index contributed by atoms with van der Waals surface area (Å²) in [7, 11) is -1.83. The maximum atomic E-state index is 12.5. The molecule has 4 nitrogen and oxygen atoms in total. The van der Waals surface area contributed by atoms with E-state index in [9.17, 15) is 8.42 Å². The highest BCUT2D eigenvalue weighted by molar-refractivity contribution is 7.89. The molecule has 1 aromatic carbocycles. The van der Waals surface area contributed by atoms with Crippen molar-refractivity contribution in [3.8, 4) is 0 Å². The lowest BCUT2D eigenvalue weighted by Crippen LogP contribution is -2.46. The van der Waals surface area contributed by atoms with Crippen molar-refractivity contribution in [2.24, 2.45) is 0 Å². The van der Waals surface area contributed by atoms with Gasteiger partial charge < -0.3 is 5.32 Å². The quantitative estimate of drug-likeness (QED) is 0.929. The molecule has 1 heterocycles. The Morgan fingerprint density at radius 2 is 2.16 bits per heavy atom. The highest BCUT2D eigenvalue weighted by atomic mass is 35.5. The fourth-order valence-corrected chi connectivity index (χ4v) is 3.90. The number of piperidine rings is 1. The van der Waals surface area contributed by atoms with E-state index in [2.05, 4.69) is 5.32 Å². The normalized spacial score (nSPS) is 20.7. The molecule has 6 heteroatoms. The first kappa shape index (κ1) is 14.8. The van der Waals surface area contributed by atoms with E-state index in [0.717, 1.165) is 24.9 Å². The highest BCUT2D eigenvalue weighted by Crippen LogP contribution is 2.24. The van der Waals surface area contributed by atoms with E-state index in [0.29, 0.717) is 11.6 Å². The molecule has 0 spiro atoms. The number of aryl methyl sites for hydroxylation is 1. The van der Waals surface area contributed by atoms with E-state index in [4.69, 9.17) is 11.6 Å². The molecule has 1 fully saturated rings. The lowest BCUT2D eigenvalue weighted by Gasteiger charge is -2.31. The third-order valence-corrected chi connectivity index (χ3v) is 5.92. The van der Waals surface area contributed by atoms with Gasteiger partial charge in [-0.2, -0.15) is 4.31 Å². The molecular weight excluding hydrogens is 284 g/mol. The zero-order chi connectivity index (χ0) is 14.0. The van der Waals surface area contributed by atoms with Crippen LogP contribution in [0.3, 0.4) is 0 Å². The second-order valence-corrected chi connectivity index (χ2v) is 7.34. The second kappa shape index (κ2) is 5.79. The lowest BCUT2D eigenvalue weighted by atomic mass is 10.1. The summed E-state index contributed by atoms with van der Waals surface area (Å²) >= 11 is 6.02. The topological polar surface area (TPSA) is 49.4 Å². The molecule has 1 aromatic rings. The average Bonchev–Trinajstić information content (AvgIpc) is 2.41. The molecule has 1 aliphatic heterocycles. The van der Waals surface area contributed by atoms with Crippen molar-refractivity contribution in [2.75, 3.05) is 20.1 Å². The van der Waals surface area contributed by atoms with Crippen molar-refractivity contribution in [3.63, 3.8) is 0 Å². The molecule has 0 bridgehead atoms. The van der Waals surface area contributed by atoms with Crippen LogP contribution in [0.5, 0.6) is 0 Å². The van der Waals surface area contributed by atoms with Crippen molar-refractivity contribution in [3.05, 3.63) is 28.8 Å². The first-order valence-corrected chi connectivity index (χ1v) is 8.19. The number of nitrogens with zero attached hydrogens (tertiary/aromatic N) is 1. The van der Waals surface area contributed by atoms with Crippen LogP contribution in [0, 0.1) is 6.92 Å². The van der Waals surface area contributed by atoms with Gasteiger partial charge in [-0.3, -0.25) is 0 Å². The van der Waals surface area contributed by atoms with Gasteiger partial charge in [0.15, 0.2) is 0 Å². The molecule has 1 N–H and O–H groups in total. The molecule has 1 aliphatic rings. The Hall–Kier alpha value is -0.620. The Bertz CT molecular complexity index is 554. The fourth-order valence-electron chi connectivity index (χ4n) is 2.24. The number of sulfonamides is 1. The monoisotopic (exact) mass is 302 g/mol. The molecule has 1 atom stereocenters. The summed E-state index contributed by atoms with van der Waals surface area (Å²) in [6, 6.07) is 4.89. The highest BCUT2D eigenvalue weighted by Gasteiger charge is 2.29. The van der Waals surface area contributed by atoms with Gasteiger partial charge >= 0.3 is 0 Å². The number of rotatable bonds is 3. The van der Waals surface area contributed by atoms with Crippen LogP contribution in [0.15, 0.2) is 23.1 Å². The number of hydrogen-bond acceptors (Lipinski definition) is 3. The van der Waals surface area contributed by atoms with E-state index in [1.54, 1.807) is 19.2 Å². The van der Waals surface area contributed by atoms with Gasteiger partial charge in [0, 0.05) is 24.7 Å². The summed E-state index contributed by atoms with van der Waals surface area (Å²) in [6.07, 6.45) is 1.89. The maximum absolute atomic E-state index is 12.5. The smallest absolute Gasteiger partial charge is 0.243 e. The molecule has 106 valence electrons. The number of likely N-dealkylation sites (N-methyl/N-ethyl adjacent to an activating group) is 1. The van der Waals surface area contributed by atoms with Gasteiger partial charge in [-0.25, -0.2) is 8.42 Å². The zero-order valence-corrected chi connectivity index (χ0v) is 12.8. The van der Waals surface area contributed by atoms with Gasteiger partial charge in [-0.05, 0) is 44.0 Å². The van der Waals surface area contributed by atoms with Gasteiger partial charge in [-0.15, -0.1) is 0 Å². The summed E-state index contributed by atoms with van der Waals surface area (Å²) in [6.45, 7) is 3.52. The van der Waals surface area contributed by atoms with E-state index in [1.165, 1.54) is 10.4 Å². The SMILES string of the molecule is Cc1ccc(S(=O)(=O)N(C)C2CCCNC2)cc1Cl. The van der Waals surface area contributed by atoms with Gasteiger partial charge in [0.1, 0.15) is 0 Å². The summed E-state index contributed by atoms with van der Waals surface area (Å²) in [5.41, 5.74) is 0.877. The molecule has 0 aliphatic carbocycles. The minimum Gasteiger partial charge on any atom is -0.315 e. The summed E-state index contributed by atoms with van der Waals surface area (Å²) in [5, 5.41) is 3.71. The van der Waals surface area contributed by atoms with Crippen LogP contribution in [-0.2, 0) is 10.0 Å². The first-order valence-electron chi connectivity index (χ1n) is 6.38. The molecule has 19 heavy (non-hydrogen) atoms. The van der Waals surface area contributed by atoms with Crippen LogP contribution in [0.2, 0.25) is 5.02 Å². The molecule has 0 radical (unpaired) electrons. The van der Waals surface area contributed by atoms with Crippen LogP contribution >= 0.6 is 11.6 Å². The van der Waals surface area contributed by atoms with Crippen molar-refractivity contribution >= 4 is 21.6 Å². The molecule has 0 aromatic heterocycles. The average molecular weight is 303 g/mol. The Morgan fingerprint density at radius 3 is 2.74 bits per heavy atom. The first-order chi connectivity index (χ1) is 8.93. The molecule has 2 rings (SSSR count). The fraction of sp³-hybridized carbons (Fsp3) is 0.538. The van der Waals surface area contributed by atoms with Crippen molar-refractivity contribution in [1.29, 1.82) is 0 Å². The number of halogens is 1. The zero-order valence-electron chi connectivity index (χ0n) is 11.2. The van der Waals surface area contributed by atoms with Gasteiger partial charge in [0.25, 0.3) is 0 Å². The third kappa shape index (κ3) is 3.11. The Kier molecular flexibility index (Phi) is 4.50. The molecule has 1 unspecified atom stereocenters. The van der Waals surface area contributed by atoms with Crippen molar-refractivity contribution in [1.82, 2.24) is 9.62 Å². The summed E-state index contributed by atoms with van der Waals surface area (Å²) in [4.78, 5) is 0.260. The second-order valence-electron chi connectivity index (χ2n) is 4.93. The maximum Gasteiger partial charge on any atom is 0.243 e. The molecule has 0 saturated carbocycles. The minimum atomic E-state index is -3.47. The number of hydrogen-bond donors (Lipinski definition) is 1. The minimum absolute atomic E-state index is 0.0128. The molecule has 0 amide bonds. The van der Waals surface area contributed by atoms with E-state index >= 15 is 0 Å². The lowest BCUT2D eigenvalue weighted by molar-refractivity contribution is 0.300. The number of nitrogens with one attached hydrogen (secondary N) is 1. The van der Waals surface area contributed by atoms with Crippen LogP contribution in [0.1, 0.15) is 18.4 Å². The Balaban J connectivity index is 2.27. The Labute approximate surface area is 119 Å². The van der Waals surface area contributed by atoms with Crippen molar-refractivity contribution in [2.45, 2.75) is 30.7 Å². The van der Waals surface area contributed by atoms with Crippen LogP contribution in [-0.4, -0.2) is 38.9 Å². The van der Waals surface area contributed by atoms with Gasteiger partial charge in [-0.1, -0.05) is 17.7 Å². The standard InChI is InChI=1S/C13H19ClN2O2S/c1-10-5-6-12(8-13(10)14)19(17,18)16(2)11-4-3-7-15-9-11/h5-6,8,11,15H,3-4,7,9H2,1-2H3. The van der Waals surface area contributed by atoms with Crippen LogP contribution in [0.25, 0.3) is 0 Å². The molecule has 1 saturated heterocycles. The van der Waals surface area contributed by atoms with Crippen LogP contribution in [0.4, 0.5) is 0 Å². The Morgan fingerprint density at radius 1 is 1.42 bits per heavy atom. The predicted molar refractivity (Wildman–Crippen MR) is 77.0 cm³/mol. The summed E-state index contributed by atoms with van der Waals surface area (Å²) < 4.78 is 26.5. The summed E-state index contributed by atoms with van der Waals surface area (Å²) in [5.74, 6) is 0. The van der Waals surface area contributed by atoms with E-state index < -0.39 is 10.0 Å².